The first kappa shape index (κ1) is 7.67. The molecular formula is C9H7N3O. The molecule has 0 unspecified atom stereocenters. The normalized spacial score (nSPS) is 9.85. The molecule has 2 heterocycles. The van der Waals surface area contributed by atoms with E-state index in [2.05, 4.69) is 15.2 Å². The summed E-state index contributed by atoms with van der Waals surface area (Å²) in [5.41, 5.74) is 1.62. The Hall–Kier alpha value is -1.97. The van der Waals surface area contributed by atoms with Gasteiger partial charge in [-0.2, -0.15) is 10.2 Å². The van der Waals surface area contributed by atoms with Crippen molar-refractivity contribution in [1.29, 1.82) is 0 Å². The molecule has 0 saturated heterocycles. The minimum Gasteiger partial charge on any atom is -0.329 e. The SMILES string of the molecule is O=c1cc(-c2ccnnc2)cc[nH]1. The molecule has 0 amide bonds. The lowest BCUT2D eigenvalue weighted by Gasteiger charge is -1.96. The minimum atomic E-state index is -0.116. The standard InChI is InChI=1S/C9H7N3O/c13-9-5-7(1-3-10-9)8-2-4-11-12-6-8/h1-6H,(H,10,13). The molecule has 0 saturated carbocycles. The molecule has 64 valence electrons. The lowest BCUT2D eigenvalue weighted by atomic mass is 10.1. The van der Waals surface area contributed by atoms with Crippen LogP contribution in [-0.2, 0) is 0 Å². The van der Waals surface area contributed by atoms with Crippen molar-refractivity contribution in [2.75, 3.05) is 0 Å². The largest absolute Gasteiger partial charge is 0.329 e. The number of rotatable bonds is 1. The molecule has 2 aromatic heterocycles. The minimum absolute atomic E-state index is 0.116. The van der Waals surface area contributed by atoms with E-state index in [0.717, 1.165) is 11.1 Å². The van der Waals surface area contributed by atoms with Crippen LogP contribution >= 0.6 is 0 Å². The molecule has 0 aliphatic rings. The first-order valence-corrected chi connectivity index (χ1v) is 3.82. The van der Waals surface area contributed by atoms with E-state index in [0.29, 0.717) is 0 Å². The molecule has 0 aliphatic heterocycles. The predicted octanol–water partition coefficient (Wildman–Crippen LogP) is 0.832. The molecule has 4 nitrogen and oxygen atoms in total. The summed E-state index contributed by atoms with van der Waals surface area (Å²) in [5, 5.41) is 7.39. The average molecular weight is 173 g/mol. The van der Waals surface area contributed by atoms with E-state index in [1.807, 2.05) is 12.1 Å². The molecule has 0 aromatic carbocycles. The van der Waals surface area contributed by atoms with E-state index in [-0.39, 0.29) is 5.56 Å². The zero-order chi connectivity index (χ0) is 9.10. The number of nitrogens with one attached hydrogen (secondary N) is 1. The van der Waals surface area contributed by atoms with Crippen molar-refractivity contribution in [2.45, 2.75) is 0 Å². The van der Waals surface area contributed by atoms with Crippen molar-refractivity contribution in [3.05, 3.63) is 47.1 Å². The summed E-state index contributed by atoms with van der Waals surface area (Å²) in [5.74, 6) is 0. The van der Waals surface area contributed by atoms with Gasteiger partial charge in [-0.1, -0.05) is 0 Å². The predicted molar refractivity (Wildman–Crippen MR) is 48.1 cm³/mol. The van der Waals surface area contributed by atoms with E-state index in [4.69, 9.17) is 0 Å². The van der Waals surface area contributed by atoms with Crippen LogP contribution < -0.4 is 5.56 Å². The van der Waals surface area contributed by atoms with Crippen LogP contribution in [0.5, 0.6) is 0 Å². The third-order valence-corrected chi connectivity index (χ3v) is 1.69. The maximum absolute atomic E-state index is 11.0. The summed E-state index contributed by atoms with van der Waals surface area (Å²) in [6.45, 7) is 0. The monoisotopic (exact) mass is 173 g/mol. The van der Waals surface area contributed by atoms with Gasteiger partial charge in [-0.05, 0) is 17.7 Å². The van der Waals surface area contributed by atoms with Crippen molar-refractivity contribution in [1.82, 2.24) is 15.2 Å². The Balaban J connectivity index is 2.54. The topological polar surface area (TPSA) is 58.6 Å². The Kier molecular flexibility index (Phi) is 1.88. The second kappa shape index (κ2) is 3.18. The van der Waals surface area contributed by atoms with E-state index in [9.17, 15) is 4.79 Å². The lowest BCUT2D eigenvalue weighted by molar-refractivity contribution is 1.03. The van der Waals surface area contributed by atoms with Crippen molar-refractivity contribution in [3.63, 3.8) is 0 Å². The summed E-state index contributed by atoms with van der Waals surface area (Å²) >= 11 is 0. The molecule has 13 heavy (non-hydrogen) atoms. The van der Waals surface area contributed by atoms with Crippen LogP contribution in [0, 0.1) is 0 Å². The molecule has 2 aromatic rings. The van der Waals surface area contributed by atoms with Gasteiger partial charge in [0, 0.05) is 17.8 Å². The van der Waals surface area contributed by atoms with Gasteiger partial charge in [0.1, 0.15) is 0 Å². The van der Waals surface area contributed by atoms with Crippen LogP contribution in [0.25, 0.3) is 11.1 Å². The Labute approximate surface area is 74.3 Å². The number of aromatic nitrogens is 3. The Morgan fingerprint density at radius 1 is 1.15 bits per heavy atom. The molecule has 0 fully saturated rings. The van der Waals surface area contributed by atoms with E-state index < -0.39 is 0 Å². The summed E-state index contributed by atoms with van der Waals surface area (Å²) < 4.78 is 0. The maximum Gasteiger partial charge on any atom is 0.248 e. The van der Waals surface area contributed by atoms with Crippen LogP contribution in [0.4, 0.5) is 0 Å². The fraction of sp³-hybridized carbons (Fsp3) is 0. The Morgan fingerprint density at radius 3 is 2.77 bits per heavy atom. The number of H-pyrrole nitrogens is 1. The zero-order valence-electron chi connectivity index (χ0n) is 6.77. The molecule has 0 atom stereocenters. The molecule has 4 heteroatoms. The van der Waals surface area contributed by atoms with Gasteiger partial charge in [0.05, 0.1) is 12.4 Å². The van der Waals surface area contributed by atoms with E-state index >= 15 is 0 Å². The Morgan fingerprint density at radius 2 is 2.08 bits per heavy atom. The van der Waals surface area contributed by atoms with Crippen LogP contribution in [-0.4, -0.2) is 15.2 Å². The molecule has 0 bridgehead atoms. The van der Waals surface area contributed by atoms with Crippen molar-refractivity contribution < 1.29 is 0 Å². The van der Waals surface area contributed by atoms with Gasteiger partial charge in [-0.25, -0.2) is 0 Å². The number of aromatic amines is 1. The molecule has 0 aliphatic carbocycles. The molecule has 0 spiro atoms. The number of pyridine rings is 1. The molecule has 2 rings (SSSR count). The second-order valence-electron chi connectivity index (χ2n) is 2.57. The van der Waals surface area contributed by atoms with Gasteiger partial charge in [0.2, 0.25) is 5.56 Å². The third-order valence-electron chi connectivity index (χ3n) is 1.69. The highest BCUT2D eigenvalue weighted by atomic mass is 16.1. The highest BCUT2D eigenvalue weighted by Crippen LogP contribution is 2.13. The van der Waals surface area contributed by atoms with Crippen LogP contribution in [0.15, 0.2) is 41.6 Å². The summed E-state index contributed by atoms with van der Waals surface area (Å²) in [6.07, 6.45) is 4.82. The van der Waals surface area contributed by atoms with Gasteiger partial charge >= 0.3 is 0 Å². The zero-order valence-corrected chi connectivity index (χ0v) is 6.77. The van der Waals surface area contributed by atoms with Crippen LogP contribution in [0.3, 0.4) is 0 Å². The van der Waals surface area contributed by atoms with Gasteiger partial charge in [-0.15, -0.1) is 0 Å². The first-order valence-electron chi connectivity index (χ1n) is 3.82. The van der Waals surface area contributed by atoms with Crippen LogP contribution in [0.2, 0.25) is 0 Å². The van der Waals surface area contributed by atoms with Crippen LogP contribution in [0.1, 0.15) is 0 Å². The smallest absolute Gasteiger partial charge is 0.248 e. The average Bonchev–Trinajstić information content (AvgIpc) is 2.19. The lowest BCUT2D eigenvalue weighted by Crippen LogP contribution is -2.02. The molecule has 1 N–H and O–H groups in total. The summed E-state index contributed by atoms with van der Waals surface area (Å²) in [7, 11) is 0. The fourth-order valence-corrected chi connectivity index (χ4v) is 1.09. The highest BCUT2D eigenvalue weighted by molar-refractivity contribution is 5.60. The van der Waals surface area contributed by atoms with Gasteiger partial charge < -0.3 is 4.98 Å². The van der Waals surface area contributed by atoms with Crippen molar-refractivity contribution in [3.8, 4) is 11.1 Å². The quantitative estimate of drug-likeness (QED) is 0.694. The Bertz CT molecular complexity index is 450. The van der Waals surface area contributed by atoms with E-state index in [1.165, 1.54) is 6.07 Å². The van der Waals surface area contributed by atoms with Gasteiger partial charge in [0.25, 0.3) is 0 Å². The van der Waals surface area contributed by atoms with Gasteiger partial charge in [-0.3, -0.25) is 4.79 Å². The van der Waals surface area contributed by atoms with Crippen molar-refractivity contribution in [2.24, 2.45) is 0 Å². The summed E-state index contributed by atoms with van der Waals surface area (Å²) in [4.78, 5) is 13.5. The van der Waals surface area contributed by atoms with E-state index in [1.54, 1.807) is 18.6 Å². The number of nitrogens with zero attached hydrogens (tertiary/aromatic N) is 2. The maximum atomic E-state index is 11.0. The number of hydrogen-bond acceptors (Lipinski definition) is 3. The second-order valence-corrected chi connectivity index (χ2v) is 2.57. The fourth-order valence-electron chi connectivity index (χ4n) is 1.09. The number of hydrogen-bond donors (Lipinski definition) is 1. The third kappa shape index (κ3) is 1.61. The first-order chi connectivity index (χ1) is 6.36. The molecular weight excluding hydrogens is 166 g/mol. The highest BCUT2D eigenvalue weighted by Gasteiger charge is 1.96. The van der Waals surface area contributed by atoms with Crippen molar-refractivity contribution >= 4 is 0 Å². The summed E-state index contributed by atoms with van der Waals surface area (Å²) in [6, 6.07) is 5.15. The molecule has 0 radical (unpaired) electrons. The van der Waals surface area contributed by atoms with Gasteiger partial charge in [0.15, 0.2) is 0 Å².